The van der Waals surface area contributed by atoms with Crippen LogP contribution in [0.2, 0.25) is 5.02 Å². The molecule has 1 aromatic carbocycles. The Labute approximate surface area is 167 Å². The molecule has 4 rings (SSSR count). The first kappa shape index (κ1) is 18.1. The molecular weight excluding hydrogens is 378 g/mol. The minimum absolute atomic E-state index is 0.0226. The number of piperazine rings is 1. The van der Waals surface area contributed by atoms with Crippen molar-refractivity contribution in [2.45, 2.75) is 0 Å². The van der Waals surface area contributed by atoms with Gasteiger partial charge in [0.2, 0.25) is 5.91 Å². The molecule has 1 amide bonds. The summed E-state index contributed by atoms with van der Waals surface area (Å²) in [6.07, 6.45) is 7.89. The van der Waals surface area contributed by atoms with Gasteiger partial charge in [-0.2, -0.15) is 5.10 Å². The SMILES string of the molecule is O=C(C=Cc1ccccc1Cl)N1CCN(c2cc(-n3cncn3)ncn2)CC1. The van der Waals surface area contributed by atoms with E-state index in [0.717, 1.165) is 11.4 Å². The molecule has 9 heteroatoms. The fraction of sp³-hybridized carbons (Fsp3) is 0.211. The molecule has 0 N–H and O–H groups in total. The topological polar surface area (TPSA) is 80.0 Å². The second-order valence-corrected chi connectivity index (χ2v) is 6.65. The van der Waals surface area contributed by atoms with Gasteiger partial charge in [0.25, 0.3) is 0 Å². The van der Waals surface area contributed by atoms with Crippen LogP contribution >= 0.6 is 11.6 Å². The smallest absolute Gasteiger partial charge is 0.246 e. The van der Waals surface area contributed by atoms with Gasteiger partial charge in [-0.1, -0.05) is 29.8 Å². The zero-order valence-corrected chi connectivity index (χ0v) is 15.8. The van der Waals surface area contributed by atoms with E-state index in [9.17, 15) is 4.79 Å². The van der Waals surface area contributed by atoms with Gasteiger partial charge in [-0.15, -0.1) is 0 Å². The third-order valence-corrected chi connectivity index (χ3v) is 4.86. The van der Waals surface area contributed by atoms with Crippen LogP contribution in [0.1, 0.15) is 5.56 Å². The average Bonchev–Trinajstić information content (AvgIpc) is 3.28. The van der Waals surface area contributed by atoms with Crippen molar-refractivity contribution in [1.29, 1.82) is 0 Å². The average molecular weight is 396 g/mol. The van der Waals surface area contributed by atoms with E-state index in [-0.39, 0.29) is 5.91 Å². The van der Waals surface area contributed by atoms with Gasteiger partial charge in [-0.25, -0.2) is 19.6 Å². The highest BCUT2D eigenvalue weighted by Gasteiger charge is 2.21. The molecule has 0 unspecified atom stereocenters. The molecule has 0 aliphatic carbocycles. The Morgan fingerprint density at radius 2 is 1.82 bits per heavy atom. The second-order valence-electron chi connectivity index (χ2n) is 6.24. The van der Waals surface area contributed by atoms with Crippen LogP contribution in [-0.4, -0.2) is 61.7 Å². The predicted molar refractivity (Wildman–Crippen MR) is 106 cm³/mol. The van der Waals surface area contributed by atoms with Crippen LogP contribution in [0.5, 0.6) is 0 Å². The van der Waals surface area contributed by atoms with Gasteiger partial charge in [-0.05, 0) is 17.7 Å². The maximum Gasteiger partial charge on any atom is 0.246 e. The summed E-state index contributed by atoms with van der Waals surface area (Å²) < 4.78 is 1.59. The molecule has 1 saturated heterocycles. The van der Waals surface area contributed by atoms with Crippen LogP contribution in [0.3, 0.4) is 0 Å². The largest absolute Gasteiger partial charge is 0.353 e. The Hall–Kier alpha value is -3.26. The maximum atomic E-state index is 12.5. The molecule has 0 bridgehead atoms. The number of rotatable bonds is 4. The highest BCUT2D eigenvalue weighted by atomic mass is 35.5. The van der Waals surface area contributed by atoms with Crippen LogP contribution in [0.15, 0.2) is 55.4 Å². The Balaban J connectivity index is 1.38. The van der Waals surface area contributed by atoms with E-state index in [2.05, 4.69) is 25.0 Å². The number of hydrogen-bond donors (Lipinski definition) is 0. The number of aromatic nitrogens is 5. The normalized spacial score (nSPS) is 14.6. The number of carbonyl (C=O) groups is 1. The molecule has 28 heavy (non-hydrogen) atoms. The fourth-order valence-electron chi connectivity index (χ4n) is 2.99. The standard InChI is InChI=1S/C19H18ClN7O/c20-16-4-2-1-3-15(16)5-6-19(28)26-9-7-25(8-10-26)17-11-18(23-13-22-17)27-14-21-12-24-27/h1-6,11-14H,7-10H2. The molecule has 0 saturated carbocycles. The van der Waals surface area contributed by atoms with Crippen molar-refractivity contribution in [3.8, 4) is 5.82 Å². The van der Waals surface area contributed by atoms with Gasteiger partial charge in [0.15, 0.2) is 5.82 Å². The summed E-state index contributed by atoms with van der Waals surface area (Å²) in [7, 11) is 0. The van der Waals surface area contributed by atoms with Crippen molar-refractivity contribution in [2.24, 2.45) is 0 Å². The van der Waals surface area contributed by atoms with E-state index in [1.54, 1.807) is 29.2 Å². The van der Waals surface area contributed by atoms with Crippen molar-refractivity contribution in [2.75, 3.05) is 31.1 Å². The van der Waals surface area contributed by atoms with Gasteiger partial charge in [0.1, 0.15) is 24.8 Å². The first-order valence-corrected chi connectivity index (χ1v) is 9.22. The number of amides is 1. The van der Waals surface area contributed by atoms with Gasteiger partial charge in [0.05, 0.1) is 0 Å². The van der Waals surface area contributed by atoms with Crippen molar-refractivity contribution >= 4 is 29.4 Å². The first-order chi connectivity index (χ1) is 13.7. The van der Waals surface area contributed by atoms with E-state index >= 15 is 0 Å². The maximum absolute atomic E-state index is 12.5. The van der Waals surface area contributed by atoms with E-state index in [1.165, 1.54) is 12.7 Å². The lowest BCUT2D eigenvalue weighted by Crippen LogP contribution is -2.48. The molecule has 1 fully saturated rings. The molecule has 3 heterocycles. The summed E-state index contributed by atoms with van der Waals surface area (Å²) in [5.41, 5.74) is 0.831. The zero-order valence-electron chi connectivity index (χ0n) is 15.0. The Bertz CT molecular complexity index is 981. The number of anilines is 1. The lowest BCUT2D eigenvalue weighted by atomic mass is 10.2. The van der Waals surface area contributed by atoms with Gasteiger partial charge < -0.3 is 9.80 Å². The molecule has 3 aromatic rings. The van der Waals surface area contributed by atoms with Crippen molar-refractivity contribution in [3.63, 3.8) is 0 Å². The van der Waals surface area contributed by atoms with Crippen LogP contribution in [0.4, 0.5) is 5.82 Å². The van der Waals surface area contributed by atoms with Crippen molar-refractivity contribution in [3.05, 3.63) is 66.0 Å². The van der Waals surface area contributed by atoms with Crippen molar-refractivity contribution in [1.82, 2.24) is 29.6 Å². The highest BCUT2D eigenvalue weighted by molar-refractivity contribution is 6.32. The fourth-order valence-corrected chi connectivity index (χ4v) is 3.19. The number of nitrogens with zero attached hydrogens (tertiary/aromatic N) is 7. The van der Waals surface area contributed by atoms with Gasteiger partial charge in [-0.3, -0.25) is 4.79 Å². The number of halogens is 1. The van der Waals surface area contributed by atoms with Gasteiger partial charge >= 0.3 is 0 Å². The van der Waals surface area contributed by atoms with Crippen LogP contribution < -0.4 is 4.90 Å². The molecule has 142 valence electrons. The number of hydrogen-bond acceptors (Lipinski definition) is 6. The highest BCUT2D eigenvalue weighted by Crippen LogP contribution is 2.18. The third-order valence-electron chi connectivity index (χ3n) is 4.52. The van der Waals surface area contributed by atoms with Crippen LogP contribution in [0, 0.1) is 0 Å². The Morgan fingerprint density at radius 1 is 1.04 bits per heavy atom. The molecular formula is C19H18ClN7O. The molecule has 1 aliphatic rings. The van der Waals surface area contributed by atoms with Crippen LogP contribution in [0.25, 0.3) is 11.9 Å². The minimum atomic E-state index is -0.0226. The monoisotopic (exact) mass is 395 g/mol. The van der Waals surface area contributed by atoms with Gasteiger partial charge in [0, 0.05) is 43.3 Å². The Kier molecular flexibility index (Phi) is 5.29. The summed E-state index contributed by atoms with van der Waals surface area (Å²) in [6, 6.07) is 9.31. The molecule has 0 atom stereocenters. The summed E-state index contributed by atoms with van der Waals surface area (Å²) in [5.74, 6) is 1.44. The molecule has 1 aliphatic heterocycles. The summed E-state index contributed by atoms with van der Waals surface area (Å²) >= 11 is 6.13. The second kappa shape index (κ2) is 8.18. The first-order valence-electron chi connectivity index (χ1n) is 8.84. The number of benzene rings is 1. The summed E-state index contributed by atoms with van der Waals surface area (Å²) in [6.45, 7) is 2.63. The minimum Gasteiger partial charge on any atom is -0.353 e. The lowest BCUT2D eigenvalue weighted by molar-refractivity contribution is -0.126. The third kappa shape index (κ3) is 4.01. The Morgan fingerprint density at radius 3 is 2.57 bits per heavy atom. The molecule has 2 aromatic heterocycles. The van der Waals surface area contributed by atoms with Crippen molar-refractivity contribution < 1.29 is 4.79 Å². The van der Waals surface area contributed by atoms with E-state index in [4.69, 9.17) is 11.6 Å². The lowest BCUT2D eigenvalue weighted by Gasteiger charge is -2.34. The van der Waals surface area contributed by atoms with E-state index < -0.39 is 0 Å². The van der Waals surface area contributed by atoms with E-state index in [1.807, 2.05) is 29.2 Å². The zero-order chi connectivity index (χ0) is 19.3. The number of carbonyl (C=O) groups excluding carboxylic acids is 1. The van der Waals surface area contributed by atoms with Crippen LogP contribution in [-0.2, 0) is 4.79 Å². The predicted octanol–water partition coefficient (Wildman–Crippen LogP) is 2.07. The molecule has 0 radical (unpaired) electrons. The summed E-state index contributed by atoms with van der Waals surface area (Å²) in [4.78, 5) is 28.9. The molecule has 0 spiro atoms. The quantitative estimate of drug-likeness (QED) is 0.629. The molecule has 8 nitrogen and oxygen atoms in total. The summed E-state index contributed by atoms with van der Waals surface area (Å²) in [5, 5.41) is 4.71. The van der Waals surface area contributed by atoms with E-state index in [0.29, 0.717) is 37.0 Å².